The van der Waals surface area contributed by atoms with Crippen molar-refractivity contribution in [2.24, 2.45) is 0 Å². The van der Waals surface area contributed by atoms with Gasteiger partial charge in [-0.25, -0.2) is 14.4 Å². The summed E-state index contributed by atoms with van der Waals surface area (Å²) in [7, 11) is 0. The molecule has 0 fully saturated rings. The number of halogens is 1. The lowest BCUT2D eigenvalue weighted by molar-refractivity contribution is 1.01. The first-order valence-electron chi connectivity index (χ1n) is 11.6. The molecule has 3 N–H and O–H groups in total. The summed E-state index contributed by atoms with van der Waals surface area (Å²) in [5.74, 6) is 0. The van der Waals surface area contributed by atoms with Crippen molar-refractivity contribution in [2.45, 2.75) is 7.43 Å². The molecule has 0 aliphatic heterocycles. The summed E-state index contributed by atoms with van der Waals surface area (Å²) in [6, 6.07) is 16.0. The van der Waals surface area contributed by atoms with Crippen LogP contribution in [0.15, 0.2) is 85.7 Å². The quantitative estimate of drug-likeness (QED) is 0.142. The number of aromatic amines is 3. The van der Waals surface area contributed by atoms with Gasteiger partial charge in [-0.3, -0.25) is 15.1 Å². The fraction of sp³-hybridized carbons (Fsp3) is 0.0370. The van der Waals surface area contributed by atoms with Gasteiger partial charge >= 0.3 is 0 Å². The summed E-state index contributed by atoms with van der Waals surface area (Å²) in [6.07, 6.45) is 11.4. The number of rotatable bonds is 3. The molecule has 10 nitrogen and oxygen atoms in total. The summed E-state index contributed by atoms with van der Waals surface area (Å²) in [6.45, 7) is 0. The van der Waals surface area contributed by atoms with Gasteiger partial charge < -0.3 is 9.97 Å². The van der Waals surface area contributed by atoms with Gasteiger partial charge in [0, 0.05) is 58.7 Å². The van der Waals surface area contributed by atoms with Gasteiger partial charge in [0.1, 0.15) is 11.3 Å². The van der Waals surface area contributed by atoms with Crippen molar-refractivity contribution < 1.29 is 0 Å². The molecule has 0 saturated heterocycles. The highest BCUT2D eigenvalue weighted by molar-refractivity contribution is 14.2. The van der Waals surface area contributed by atoms with E-state index in [2.05, 4.69) is 74.4 Å². The molecule has 0 aliphatic rings. The summed E-state index contributed by atoms with van der Waals surface area (Å²) in [5, 5.41) is 15.5. The smallest absolute Gasteiger partial charge is 0.139 e. The summed E-state index contributed by atoms with van der Waals surface area (Å²) in [4.78, 5) is 24.3. The maximum Gasteiger partial charge on any atom is 0.139 e. The molecule has 1 unspecified atom stereocenters. The minimum Gasteiger partial charge on any atom is -0.339 e. The number of fused-ring (bicyclic) bond motifs is 6. The van der Waals surface area contributed by atoms with E-state index in [1.165, 1.54) is 0 Å². The Bertz CT molecular complexity index is 2040. The second-order valence-electron chi connectivity index (χ2n) is 8.46. The minimum atomic E-state index is 0. The van der Waals surface area contributed by atoms with Crippen molar-refractivity contribution in [3.05, 3.63) is 85.7 Å². The largest absolute Gasteiger partial charge is 0.339 e. The lowest BCUT2D eigenvalue weighted by Gasteiger charge is -2.02. The zero-order valence-electron chi connectivity index (χ0n) is 19.6. The third kappa shape index (κ3) is 4.53. The summed E-state index contributed by atoms with van der Waals surface area (Å²) < 4.78 is 1.96. The number of pyridine rings is 4. The molecule has 8 rings (SSSR count). The van der Waals surface area contributed by atoms with Crippen molar-refractivity contribution in [2.75, 3.05) is 0 Å². The van der Waals surface area contributed by atoms with Crippen molar-refractivity contribution in [3.8, 4) is 22.8 Å². The molecule has 0 amide bonds. The van der Waals surface area contributed by atoms with E-state index in [0.717, 1.165) is 66.6 Å². The summed E-state index contributed by atoms with van der Waals surface area (Å²) in [5.41, 5.74) is 7.61. The molecule has 8 heterocycles. The van der Waals surface area contributed by atoms with E-state index in [9.17, 15) is 0 Å². The molecular weight excluding hydrogens is 622 g/mol. The van der Waals surface area contributed by atoms with E-state index in [-0.39, 0.29) is 7.43 Å². The molecule has 8 aromatic rings. The predicted octanol–water partition coefficient (Wildman–Crippen LogP) is 6.90. The topological polar surface area (TPSA) is 130 Å². The molecule has 0 aliphatic carbocycles. The predicted molar refractivity (Wildman–Crippen MR) is 166 cm³/mol. The van der Waals surface area contributed by atoms with E-state index in [1.807, 2.05) is 59.4 Å². The lowest BCUT2D eigenvalue weighted by atomic mass is 10.2. The molecule has 0 aromatic carbocycles. The first-order chi connectivity index (χ1) is 18.8. The van der Waals surface area contributed by atoms with E-state index in [1.54, 1.807) is 18.6 Å². The van der Waals surface area contributed by atoms with Gasteiger partial charge in [-0.15, -0.1) is 0 Å². The van der Waals surface area contributed by atoms with Crippen LogP contribution < -0.4 is 0 Å². The Morgan fingerprint density at radius 2 is 1.31 bits per heavy atom. The average molecular weight is 644 g/mol. The van der Waals surface area contributed by atoms with E-state index in [4.69, 9.17) is 4.98 Å². The number of H-pyrrole nitrogens is 3. The molecular formula is C27H22IN10P. The van der Waals surface area contributed by atoms with Crippen molar-refractivity contribution >= 4 is 72.3 Å². The molecule has 0 spiro atoms. The van der Waals surface area contributed by atoms with Crippen molar-refractivity contribution in [3.63, 3.8) is 0 Å². The Hall–Kier alpha value is -4.22. The normalized spacial score (nSPS) is 11.4. The fourth-order valence-corrected chi connectivity index (χ4v) is 6.03. The fourth-order valence-electron chi connectivity index (χ4n) is 4.49. The highest BCUT2D eigenvalue weighted by atomic mass is 127. The zero-order chi connectivity index (χ0) is 25.5. The van der Waals surface area contributed by atoms with Gasteiger partial charge in [0.25, 0.3) is 0 Å². The average Bonchev–Trinajstić information content (AvgIpc) is 3.77. The Labute approximate surface area is 237 Å². The van der Waals surface area contributed by atoms with Crippen LogP contribution in [-0.4, -0.2) is 49.7 Å². The van der Waals surface area contributed by atoms with Crippen molar-refractivity contribution in [1.29, 1.82) is 0 Å². The van der Waals surface area contributed by atoms with Crippen LogP contribution in [0.5, 0.6) is 0 Å². The Kier molecular flexibility index (Phi) is 6.76. The van der Waals surface area contributed by atoms with Crippen LogP contribution in [0.4, 0.5) is 0 Å². The van der Waals surface area contributed by atoms with Gasteiger partial charge in [0.2, 0.25) is 0 Å². The van der Waals surface area contributed by atoms with Crippen LogP contribution in [0, 0.1) is 0 Å². The molecule has 192 valence electrons. The standard InChI is InChI=1S/C13H9IN5P.C13H9N5.CH4/c14-20-19-12(4-6-16-19)11-2-1-8-9-7-15-5-3-10(9)17-13(8)18-11;1-2-11(12-4-6-15-18-12)17-13-8(1)9-7-14-5-3-10(9)16-13;/h1-7,20H,(H,17,18);1-7H,(H,15,18)(H,16,17);1H4. The van der Waals surface area contributed by atoms with Gasteiger partial charge in [0.15, 0.2) is 0 Å². The van der Waals surface area contributed by atoms with Crippen LogP contribution in [0.25, 0.3) is 66.6 Å². The molecule has 0 radical (unpaired) electrons. The van der Waals surface area contributed by atoms with Crippen LogP contribution in [0.2, 0.25) is 0 Å². The van der Waals surface area contributed by atoms with Crippen LogP contribution >= 0.6 is 28.4 Å². The lowest BCUT2D eigenvalue weighted by Crippen LogP contribution is -1.90. The number of nitrogens with zero attached hydrogens (tertiary/aromatic N) is 7. The van der Waals surface area contributed by atoms with Gasteiger partial charge in [0.05, 0.1) is 40.2 Å². The van der Waals surface area contributed by atoms with Crippen LogP contribution in [-0.2, 0) is 0 Å². The SMILES string of the molecule is C.IPn1nccc1-c1ccc2c(n1)[nH]c1ccncc12.c1cc2[nH]c3nc(-c4ccn[nH]4)ccc3c2cn1. The Morgan fingerprint density at radius 3 is 1.92 bits per heavy atom. The Balaban J connectivity index is 0.000000139. The summed E-state index contributed by atoms with van der Waals surface area (Å²) >= 11 is 2.32. The third-order valence-corrected chi connectivity index (χ3v) is 8.17. The number of nitrogens with one attached hydrogen (secondary N) is 3. The first-order valence-corrected chi connectivity index (χ1v) is 15.7. The third-order valence-electron chi connectivity index (χ3n) is 6.28. The van der Waals surface area contributed by atoms with Gasteiger partial charge in [-0.2, -0.15) is 10.2 Å². The highest BCUT2D eigenvalue weighted by Crippen LogP contribution is 2.31. The van der Waals surface area contributed by atoms with Gasteiger partial charge in [-0.1, -0.05) is 7.43 Å². The van der Waals surface area contributed by atoms with E-state index in [0.29, 0.717) is 6.37 Å². The van der Waals surface area contributed by atoms with Crippen molar-refractivity contribution in [1.82, 2.24) is 49.7 Å². The second kappa shape index (κ2) is 10.5. The zero-order valence-corrected chi connectivity index (χ0v) is 22.7. The number of hydrogen-bond donors (Lipinski definition) is 3. The molecule has 39 heavy (non-hydrogen) atoms. The monoisotopic (exact) mass is 644 g/mol. The minimum absolute atomic E-state index is 0. The number of hydrogen-bond acceptors (Lipinski definition) is 6. The van der Waals surface area contributed by atoms with E-state index >= 15 is 0 Å². The molecule has 0 saturated carbocycles. The molecule has 8 aromatic heterocycles. The second-order valence-corrected chi connectivity index (χ2v) is 10.5. The molecule has 1 atom stereocenters. The van der Waals surface area contributed by atoms with Crippen LogP contribution in [0.1, 0.15) is 7.43 Å². The maximum atomic E-state index is 4.72. The van der Waals surface area contributed by atoms with E-state index < -0.39 is 0 Å². The first kappa shape index (κ1) is 25.1. The molecule has 12 heteroatoms. The van der Waals surface area contributed by atoms with Crippen LogP contribution in [0.3, 0.4) is 0 Å². The highest BCUT2D eigenvalue weighted by Gasteiger charge is 2.10. The Morgan fingerprint density at radius 1 is 0.667 bits per heavy atom. The number of aromatic nitrogens is 10. The van der Waals surface area contributed by atoms with Gasteiger partial charge in [-0.05, 0) is 70.6 Å². The molecule has 0 bridgehead atoms. The maximum absolute atomic E-state index is 4.72.